The SMILES string of the molecule is CC(=O)N1CCCN([C@H]2CN(CCS(N)(=O)=O)C[C@H]2C)CC1. The Kier molecular flexibility index (Phi) is 5.81. The number of carbonyl (C=O) groups excluding carboxylic acids is 1. The molecule has 2 aliphatic rings. The minimum Gasteiger partial charge on any atom is -0.342 e. The summed E-state index contributed by atoms with van der Waals surface area (Å²) in [5, 5.41) is 5.09. The standard InChI is InChI=1S/C14H28N4O3S/c1-12-10-16(8-9-22(15,20)21)11-14(12)18-5-3-4-17(6-7-18)13(2)19/h12,14H,3-11H2,1-2H3,(H2,15,20,21)/t12-,14+/m1/s1. The summed E-state index contributed by atoms with van der Waals surface area (Å²) in [4.78, 5) is 18.1. The summed E-state index contributed by atoms with van der Waals surface area (Å²) in [7, 11) is -3.39. The number of hydrogen-bond acceptors (Lipinski definition) is 5. The Morgan fingerprint density at radius 2 is 1.91 bits per heavy atom. The van der Waals surface area contributed by atoms with Crippen LogP contribution in [-0.2, 0) is 14.8 Å². The molecule has 1 amide bonds. The Bertz CT molecular complexity index is 496. The summed E-state index contributed by atoms with van der Waals surface area (Å²) in [6.07, 6.45) is 1.000. The van der Waals surface area contributed by atoms with E-state index in [4.69, 9.17) is 5.14 Å². The fourth-order valence-electron chi connectivity index (χ4n) is 3.55. The summed E-state index contributed by atoms with van der Waals surface area (Å²) in [6, 6.07) is 0.437. The number of amides is 1. The van der Waals surface area contributed by atoms with Crippen molar-refractivity contribution in [2.24, 2.45) is 11.1 Å². The monoisotopic (exact) mass is 332 g/mol. The van der Waals surface area contributed by atoms with Crippen molar-refractivity contribution in [3.05, 3.63) is 0 Å². The molecule has 2 fully saturated rings. The van der Waals surface area contributed by atoms with E-state index in [1.165, 1.54) is 0 Å². The van der Waals surface area contributed by atoms with E-state index in [-0.39, 0.29) is 11.7 Å². The van der Waals surface area contributed by atoms with E-state index >= 15 is 0 Å². The van der Waals surface area contributed by atoms with Gasteiger partial charge in [-0.15, -0.1) is 0 Å². The number of hydrogen-bond donors (Lipinski definition) is 1. The van der Waals surface area contributed by atoms with Gasteiger partial charge in [-0.05, 0) is 12.3 Å². The number of rotatable bonds is 4. The minimum atomic E-state index is -3.39. The zero-order valence-corrected chi connectivity index (χ0v) is 14.4. The van der Waals surface area contributed by atoms with Gasteiger partial charge in [0.05, 0.1) is 5.75 Å². The summed E-state index contributed by atoms with van der Waals surface area (Å²) in [5.74, 6) is 0.672. The molecule has 2 aliphatic heterocycles. The van der Waals surface area contributed by atoms with Crippen LogP contribution in [0.3, 0.4) is 0 Å². The molecule has 128 valence electrons. The van der Waals surface area contributed by atoms with Crippen molar-refractivity contribution >= 4 is 15.9 Å². The maximum absolute atomic E-state index is 11.5. The summed E-state index contributed by atoms with van der Waals surface area (Å²) in [5.41, 5.74) is 0. The zero-order valence-electron chi connectivity index (χ0n) is 13.6. The second-order valence-electron chi connectivity index (χ2n) is 6.57. The third-order valence-corrected chi connectivity index (χ3v) is 5.54. The van der Waals surface area contributed by atoms with E-state index in [1.807, 2.05) is 4.90 Å². The second kappa shape index (κ2) is 7.25. The number of carbonyl (C=O) groups is 1. The van der Waals surface area contributed by atoms with Crippen molar-refractivity contribution < 1.29 is 13.2 Å². The number of primary sulfonamides is 1. The summed E-state index contributed by atoms with van der Waals surface area (Å²) >= 11 is 0. The molecule has 7 nitrogen and oxygen atoms in total. The number of sulfonamides is 1. The van der Waals surface area contributed by atoms with Gasteiger partial charge in [0.25, 0.3) is 0 Å². The Balaban J connectivity index is 1.88. The van der Waals surface area contributed by atoms with Crippen LogP contribution in [0.25, 0.3) is 0 Å². The smallest absolute Gasteiger partial charge is 0.219 e. The lowest BCUT2D eigenvalue weighted by Crippen LogP contribution is -2.43. The van der Waals surface area contributed by atoms with Crippen LogP contribution < -0.4 is 5.14 Å². The normalized spacial score (nSPS) is 28.8. The molecular weight excluding hydrogens is 304 g/mol. The summed E-state index contributed by atoms with van der Waals surface area (Å²) in [6.45, 7) is 9.67. The first-order chi connectivity index (χ1) is 10.3. The predicted octanol–water partition coefficient (Wildman–Crippen LogP) is -0.851. The molecule has 0 aromatic rings. The van der Waals surface area contributed by atoms with Crippen molar-refractivity contribution in [1.82, 2.24) is 14.7 Å². The van der Waals surface area contributed by atoms with E-state index in [0.717, 1.165) is 45.7 Å². The molecule has 0 saturated carbocycles. The molecule has 0 aromatic carbocycles. The molecule has 0 unspecified atom stereocenters. The molecule has 0 spiro atoms. The first kappa shape index (κ1) is 17.7. The van der Waals surface area contributed by atoms with E-state index < -0.39 is 10.0 Å². The zero-order chi connectivity index (χ0) is 16.3. The molecular formula is C14H28N4O3S. The Morgan fingerprint density at radius 3 is 2.55 bits per heavy atom. The predicted molar refractivity (Wildman–Crippen MR) is 85.8 cm³/mol. The van der Waals surface area contributed by atoms with Gasteiger partial charge >= 0.3 is 0 Å². The molecule has 22 heavy (non-hydrogen) atoms. The van der Waals surface area contributed by atoms with Gasteiger partial charge in [0, 0.05) is 58.8 Å². The molecule has 0 radical (unpaired) electrons. The molecule has 2 saturated heterocycles. The fourth-order valence-corrected chi connectivity index (χ4v) is 4.06. The maximum atomic E-state index is 11.5. The lowest BCUT2D eigenvalue weighted by molar-refractivity contribution is -0.128. The van der Waals surface area contributed by atoms with Gasteiger partial charge in [-0.2, -0.15) is 0 Å². The van der Waals surface area contributed by atoms with Gasteiger partial charge in [0.2, 0.25) is 15.9 Å². The third kappa shape index (κ3) is 4.91. The van der Waals surface area contributed by atoms with E-state index in [1.54, 1.807) is 6.92 Å². The first-order valence-electron chi connectivity index (χ1n) is 7.98. The first-order valence-corrected chi connectivity index (χ1v) is 9.70. The van der Waals surface area contributed by atoms with Gasteiger partial charge in [-0.1, -0.05) is 6.92 Å². The van der Waals surface area contributed by atoms with Crippen LogP contribution in [0.2, 0.25) is 0 Å². The third-order valence-electron chi connectivity index (χ3n) is 4.79. The molecule has 2 rings (SSSR count). The van der Waals surface area contributed by atoms with Crippen molar-refractivity contribution in [2.45, 2.75) is 26.3 Å². The minimum absolute atomic E-state index is 0.0184. The molecule has 2 heterocycles. The molecule has 8 heteroatoms. The average Bonchev–Trinajstić information content (AvgIpc) is 2.63. The highest BCUT2D eigenvalue weighted by atomic mass is 32.2. The van der Waals surface area contributed by atoms with Crippen LogP contribution in [0.5, 0.6) is 0 Å². The van der Waals surface area contributed by atoms with Gasteiger partial charge in [0.15, 0.2) is 0 Å². The Labute approximate surface area is 133 Å². The van der Waals surface area contributed by atoms with Gasteiger partial charge in [-0.25, -0.2) is 13.6 Å². The molecule has 2 atom stereocenters. The van der Waals surface area contributed by atoms with Crippen molar-refractivity contribution in [1.29, 1.82) is 0 Å². The molecule has 0 aromatic heterocycles. The molecule has 0 aliphatic carbocycles. The quantitative estimate of drug-likeness (QED) is 0.725. The van der Waals surface area contributed by atoms with E-state index in [2.05, 4.69) is 16.7 Å². The second-order valence-corrected chi connectivity index (χ2v) is 8.30. The lowest BCUT2D eigenvalue weighted by Gasteiger charge is -2.30. The highest BCUT2D eigenvalue weighted by molar-refractivity contribution is 7.89. The topological polar surface area (TPSA) is 86.9 Å². The van der Waals surface area contributed by atoms with Crippen LogP contribution in [0.15, 0.2) is 0 Å². The van der Waals surface area contributed by atoms with Crippen LogP contribution in [0.4, 0.5) is 0 Å². The van der Waals surface area contributed by atoms with Crippen molar-refractivity contribution in [3.8, 4) is 0 Å². The van der Waals surface area contributed by atoms with Crippen molar-refractivity contribution in [3.63, 3.8) is 0 Å². The largest absolute Gasteiger partial charge is 0.342 e. The number of nitrogens with zero attached hydrogens (tertiary/aromatic N) is 3. The number of nitrogens with two attached hydrogens (primary N) is 1. The van der Waals surface area contributed by atoms with Crippen LogP contribution in [0, 0.1) is 5.92 Å². The molecule has 0 bridgehead atoms. The highest BCUT2D eigenvalue weighted by Gasteiger charge is 2.34. The van der Waals surface area contributed by atoms with Crippen LogP contribution in [0.1, 0.15) is 20.3 Å². The summed E-state index contributed by atoms with van der Waals surface area (Å²) < 4.78 is 22.2. The maximum Gasteiger partial charge on any atom is 0.219 e. The number of likely N-dealkylation sites (tertiary alicyclic amines) is 1. The average molecular weight is 332 g/mol. The van der Waals surface area contributed by atoms with E-state index in [9.17, 15) is 13.2 Å². The lowest BCUT2D eigenvalue weighted by atomic mass is 10.0. The highest BCUT2D eigenvalue weighted by Crippen LogP contribution is 2.23. The Morgan fingerprint density at radius 1 is 1.18 bits per heavy atom. The van der Waals surface area contributed by atoms with Gasteiger partial charge < -0.3 is 9.80 Å². The van der Waals surface area contributed by atoms with Crippen LogP contribution in [-0.4, -0.2) is 86.6 Å². The van der Waals surface area contributed by atoms with Gasteiger partial charge in [0.1, 0.15) is 0 Å². The Hall–Kier alpha value is -0.700. The van der Waals surface area contributed by atoms with E-state index in [0.29, 0.717) is 18.5 Å². The van der Waals surface area contributed by atoms with Crippen LogP contribution >= 0.6 is 0 Å². The van der Waals surface area contributed by atoms with Crippen molar-refractivity contribution in [2.75, 3.05) is 51.6 Å². The molecule has 2 N–H and O–H groups in total. The fraction of sp³-hybridized carbons (Fsp3) is 0.929. The van der Waals surface area contributed by atoms with Gasteiger partial charge in [-0.3, -0.25) is 9.69 Å².